The highest BCUT2D eigenvalue weighted by Gasteiger charge is 2.49. The molecule has 0 saturated carbocycles. The molecule has 7 atom stereocenters. The van der Waals surface area contributed by atoms with Gasteiger partial charge in [0.1, 0.15) is 52.8 Å². The van der Waals surface area contributed by atoms with Gasteiger partial charge in [-0.05, 0) is 95.7 Å². The Morgan fingerprint density at radius 3 is 2.30 bits per heavy atom. The average Bonchev–Trinajstić information content (AvgIpc) is 1.39. The van der Waals surface area contributed by atoms with Crippen LogP contribution < -0.4 is 20.3 Å². The van der Waals surface area contributed by atoms with Crippen LogP contribution in [-0.2, 0) is 62.0 Å². The third kappa shape index (κ3) is 17.4. The summed E-state index contributed by atoms with van der Waals surface area (Å²) in [5.74, 6) is 0.948. The highest BCUT2D eigenvalue weighted by atomic mass is 32.2. The van der Waals surface area contributed by atoms with E-state index in [-0.39, 0.29) is 42.0 Å². The molecule has 0 aliphatic carbocycles. The normalized spacial score (nSPS) is 22.2. The van der Waals surface area contributed by atoms with E-state index in [1.807, 2.05) is 78.3 Å². The van der Waals surface area contributed by atoms with Gasteiger partial charge in [-0.3, -0.25) is 18.4 Å². The van der Waals surface area contributed by atoms with Crippen molar-refractivity contribution in [3.63, 3.8) is 0 Å². The SMILES string of the molecule is CCN1c2cc3c(cc2C(C)=CC1(C)C)C(=CC=CC=CC1=[N+](CCCS(=O)(=O)O)c2ccc(S(=O)(=O)[O-])cc2C1(C)CCCC(=O)NCCCCCCNc1ncnc2c1ncn2[C@@H]1O[C@H](COP(=O)(O)OP(=O)(O)OP(=O)(O)O)[C@@H](O)[C@H]1O)C=C(c1ccccc1)O3. The molecule has 3 unspecified atom stereocenters. The Hall–Kier alpha value is -6.44. The first-order valence-corrected chi connectivity index (χ1v) is 37.6. The summed E-state index contributed by atoms with van der Waals surface area (Å²) in [7, 11) is -26.3. The first kappa shape index (κ1) is 71.8. The second kappa shape index (κ2) is 29.1. The van der Waals surface area contributed by atoms with Crippen molar-refractivity contribution in [3.05, 3.63) is 138 Å². The number of amides is 1. The molecule has 4 aliphatic rings. The van der Waals surface area contributed by atoms with Gasteiger partial charge in [0.05, 0.1) is 34.5 Å². The van der Waals surface area contributed by atoms with Crippen molar-refractivity contribution in [2.45, 2.75) is 126 Å². The minimum Gasteiger partial charge on any atom is -0.744 e. The summed E-state index contributed by atoms with van der Waals surface area (Å²) in [6.45, 7) is 11.2. The lowest BCUT2D eigenvalue weighted by Gasteiger charge is -2.43. The molecule has 4 aliphatic heterocycles. The van der Waals surface area contributed by atoms with Crippen molar-refractivity contribution >= 4 is 101 Å². The van der Waals surface area contributed by atoms with E-state index in [1.165, 1.54) is 35.4 Å². The van der Waals surface area contributed by atoms with Gasteiger partial charge in [0.25, 0.3) is 10.1 Å². The lowest BCUT2D eigenvalue weighted by atomic mass is 9.75. The summed E-state index contributed by atoms with van der Waals surface area (Å²) in [5, 5.41) is 27.7. The fourth-order valence-electron chi connectivity index (χ4n) is 12.2. The van der Waals surface area contributed by atoms with Crippen LogP contribution in [0.3, 0.4) is 0 Å². The van der Waals surface area contributed by atoms with Crippen molar-refractivity contribution in [3.8, 4) is 5.75 Å². The lowest BCUT2D eigenvalue weighted by molar-refractivity contribution is -0.437. The number of nitrogens with one attached hydrogen (secondary N) is 2. The van der Waals surface area contributed by atoms with E-state index in [0.717, 1.165) is 52.9 Å². The third-order valence-electron chi connectivity index (χ3n) is 16.4. The summed E-state index contributed by atoms with van der Waals surface area (Å²) in [6.07, 6.45) is 13.3. The standard InChI is InChI=1S/C60H75N8O21P3S2/c1-6-68-47-34-49-44(33-43(47)39(2)35-59(68,3)4)41(31-48(86-49)40-19-11-9-12-20-40)21-13-10-14-22-51-60(5,45-32-42(94(82,83)84)24-25-46(45)66(51)29-18-30-93(79,80)81)26-17-23-52(69)61-27-15-7-8-16-28-62-56-53-57(64-37-63-56)67(38-65-53)58-55(71)54(70)50(87-58)36-85-91(75,76)89-92(77,78)88-90(72,73)74/h9-14,19-22,24-25,31-35,37-38,50,54-55,58,70-71H,6-8,15-18,23,26-30,36H2,1-5H3,(H7-,61,62,63,64,69,72,73,74,75,76,77,78,79,80,81,82,83,84)/t50-,54-,55-,58-,60?/m1/s1. The number of imidazole rings is 1. The van der Waals surface area contributed by atoms with Crippen LogP contribution in [0.5, 0.6) is 5.75 Å². The number of aliphatic hydroxyl groups is 2. The zero-order valence-electron chi connectivity index (χ0n) is 51.9. The molecule has 9 N–H and O–H groups in total. The van der Waals surface area contributed by atoms with E-state index >= 15 is 0 Å². The van der Waals surface area contributed by atoms with Crippen LogP contribution in [-0.4, -0.2) is 154 Å². The molecule has 1 saturated heterocycles. The van der Waals surface area contributed by atoms with Crippen LogP contribution in [0.4, 0.5) is 17.2 Å². The van der Waals surface area contributed by atoms with Crippen molar-refractivity contribution in [2.75, 3.05) is 48.8 Å². The molecule has 1 amide bonds. The molecule has 94 heavy (non-hydrogen) atoms. The van der Waals surface area contributed by atoms with Crippen LogP contribution in [0.15, 0.2) is 121 Å². The Morgan fingerprint density at radius 1 is 0.862 bits per heavy atom. The molecule has 6 heterocycles. The number of carbonyl (C=O) groups excluding carboxylic acids is 1. The minimum absolute atomic E-state index is 0.00392. The van der Waals surface area contributed by atoms with Gasteiger partial charge in [0.15, 0.2) is 28.9 Å². The zero-order chi connectivity index (χ0) is 68.2. The quantitative estimate of drug-likeness (QED) is 0.00692. The molecule has 2 aromatic heterocycles. The third-order valence-corrected chi connectivity index (χ3v) is 21.8. The monoisotopic (exact) mass is 1400 g/mol. The minimum atomic E-state index is -5.81. The van der Waals surface area contributed by atoms with Crippen molar-refractivity contribution in [1.29, 1.82) is 0 Å². The van der Waals surface area contributed by atoms with Crippen LogP contribution >= 0.6 is 23.5 Å². The molecular weight excluding hydrogens is 1330 g/mol. The summed E-state index contributed by atoms with van der Waals surface area (Å²) in [6, 6.07) is 18.2. The van der Waals surface area contributed by atoms with E-state index in [9.17, 15) is 64.4 Å². The van der Waals surface area contributed by atoms with E-state index in [1.54, 1.807) is 0 Å². The topological polar surface area (TPSA) is 421 Å². The van der Waals surface area contributed by atoms with Gasteiger partial charge in [-0.15, -0.1) is 0 Å². The van der Waals surface area contributed by atoms with E-state index < -0.39 is 90.9 Å². The number of allylic oxidation sites excluding steroid dienone is 8. The Morgan fingerprint density at radius 2 is 1.60 bits per heavy atom. The maximum atomic E-state index is 13.4. The Kier molecular flexibility index (Phi) is 22.2. The highest BCUT2D eigenvalue weighted by Crippen LogP contribution is 2.66. The van der Waals surface area contributed by atoms with Crippen LogP contribution in [0.2, 0.25) is 0 Å². The molecule has 9 rings (SSSR count). The maximum absolute atomic E-state index is 13.4. The second-order valence-electron chi connectivity index (χ2n) is 23.6. The molecule has 5 aromatic rings. The molecule has 3 aromatic carbocycles. The van der Waals surface area contributed by atoms with E-state index in [4.69, 9.17) is 19.3 Å². The van der Waals surface area contributed by atoms with E-state index in [0.29, 0.717) is 73.1 Å². The van der Waals surface area contributed by atoms with Crippen molar-refractivity contribution in [2.24, 2.45) is 0 Å². The Bertz CT molecular complexity index is 4270. The van der Waals surface area contributed by atoms with Crippen LogP contribution in [0, 0.1) is 0 Å². The first-order valence-electron chi connectivity index (χ1n) is 30.0. The van der Waals surface area contributed by atoms with Gasteiger partial charge in [-0.2, -0.15) is 21.6 Å². The smallest absolute Gasteiger partial charge is 0.490 e. The first-order chi connectivity index (χ1) is 44.2. The van der Waals surface area contributed by atoms with Gasteiger partial charge in [-0.1, -0.05) is 73.6 Å². The number of likely N-dealkylation sites (N-methyl/N-ethyl adjacent to an activating group) is 1. The number of unbranched alkanes of at least 4 members (excludes halogenated alkanes) is 3. The fraction of sp³-hybridized carbons (Fsp3) is 0.417. The molecule has 0 spiro atoms. The van der Waals surface area contributed by atoms with Gasteiger partial charge in [0, 0.05) is 78.6 Å². The average molecular weight is 1400 g/mol. The second-order valence-corrected chi connectivity index (χ2v) is 31.0. The summed E-state index contributed by atoms with van der Waals surface area (Å²) in [4.78, 5) is 64.9. The van der Waals surface area contributed by atoms with Crippen LogP contribution in [0.25, 0.3) is 28.1 Å². The molecule has 29 nitrogen and oxygen atoms in total. The molecule has 508 valence electrons. The van der Waals surface area contributed by atoms with Gasteiger partial charge < -0.3 is 59.3 Å². The zero-order valence-corrected chi connectivity index (χ0v) is 56.2. The van der Waals surface area contributed by atoms with Crippen molar-refractivity contribution < 1.29 is 101 Å². The molecule has 0 radical (unpaired) electrons. The number of phosphoric acid groups is 3. The number of hydrogen-bond donors (Lipinski definition) is 9. The number of fused-ring (bicyclic) bond motifs is 4. The molecular formula is C60H75N8O21P3S2. The van der Waals surface area contributed by atoms with Gasteiger partial charge in [0.2, 0.25) is 11.6 Å². The number of aromatic nitrogens is 4. The van der Waals surface area contributed by atoms with Crippen molar-refractivity contribution in [1.82, 2.24) is 24.8 Å². The van der Waals surface area contributed by atoms with Gasteiger partial charge >= 0.3 is 23.5 Å². The number of carbonyl (C=O) groups is 1. The lowest BCUT2D eigenvalue weighted by Crippen LogP contribution is -2.44. The number of phosphoric ester groups is 1. The number of rotatable bonds is 30. The summed E-state index contributed by atoms with van der Waals surface area (Å²) in [5.41, 5.74) is 6.93. The fourth-order valence-corrected chi connectivity index (χ4v) is 16.2. The number of hydrogen-bond acceptors (Lipinski definition) is 21. The predicted octanol–water partition coefficient (Wildman–Crippen LogP) is 7.94. The predicted molar refractivity (Wildman–Crippen MR) is 346 cm³/mol. The summed E-state index contributed by atoms with van der Waals surface area (Å²) < 4.78 is 133. The Balaban J connectivity index is 0.817. The van der Waals surface area contributed by atoms with E-state index in [2.05, 4.69) is 89.5 Å². The molecule has 1 fully saturated rings. The number of ether oxygens (including phenoxy) is 2. The highest BCUT2D eigenvalue weighted by molar-refractivity contribution is 7.86. The maximum Gasteiger partial charge on any atom is 0.490 e. The number of aliphatic hydroxyl groups excluding tert-OH is 2. The largest absolute Gasteiger partial charge is 0.744 e. The summed E-state index contributed by atoms with van der Waals surface area (Å²) >= 11 is 0. The van der Waals surface area contributed by atoms with Gasteiger partial charge in [-0.25, -0.2) is 37.1 Å². The number of benzene rings is 3. The molecule has 34 heteroatoms. The number of anilines is 2. The molecule has 0 bridgehead atoms. The van der Waals surface area contributed by atoms with Crippen LogP contribution in [0.1, 0.15) is 114 Å². The Labute approximate surface area is 543 Å². The number of nitrogens with zero attached hydrogens (tertiary/aromatic N) is 6.